The third kappa shape index (κ3) is 3.25. The van der Waals surface area contributed by atoms with Gasteiger partial charge in [-0.1, -0.05) is 11.6 Å². The number of methoxy groups -OCH3 is 1. The number of ether oxygens (including phenoxy) is 1. The molecule has 13 heavy (non-hydrogen) atoms. The van der Waals surface area contributed by atoms with E-state index < -0.39 is 5.97 Å². The molecule has 1 aromatic heterocycles. The highest BCUT2D eigenvalue weighted by Gasteiger charge is 1.93. The Balaban J connectivity index is 2.74. The third-order valence-corrected chi connectivity index (χ3v) is 1.55. The van der Waals surface area contributed by atoms with Gasteiger partial charge >= 0.3 is 5.97 Å². The minimum atomic E-state index is -0.403. The largest absolute Gasteiger partial charge is 0.466 e. The highest BCUT2D eigenvalue weighted by molar-refractivity contribution is 6.30. The molecule has 0 radical (unpaired) electrons. The maximum absolute atomic E-state index is 10.7. The molecule has 3 nitrogen and oxygen atoms in total. The van der Waals surface area contributed by atoms with E-state index in [9.17, 15) is 4.79 Å². The van der Waals surface area contributed by atoms with Crippen LogP contribution in [-0.4, -0.2) is 18.1 Å². The number of rotatable bonds is 2. The van der Waals surface area contributed by atoms with Gasteiger partial charge in [-0.2, -0.15) is 0 Å². The van der Waals surface area contributed by atoms with Crippen molar-refractivity contribution < 1.29 is 9.53 Å². The Kier molecular flexibility index (Phi) is 3.46. The van der Waals surface area contributed by atoms with E-state index in [1.807, 2.05) is 0 Å². The Morgan fingerprint density at radius 1 is 1.62 bits per heavy atom. The van der Waals surface area contributed by atoms with Gasteiger partial charge < -0.3 is 4.74 Å². The average Bonchev–Trinajstić information content (AvgIpc) is 2.14. The SMILES string of the molecule is COC(=O)C=Cc1cncc(Cl)c1. The summed E-state index contributed by atoms with van der Waals surface area (Å²) < 4.78 is 4.42. The normalized spacial score (nSPS) is 10.3. The number of carbonyl (C=O) groups is 1. The monoisotopic (exact) mass is 197 g/mol. The molecule has 0 saturated carbocycles. The zero-order chi connectivity index (χ0) is 9.68. The van der Waals surface area contributed by atoms with Gasteiger partial charge in [0.25, 0.3) is 0 Å². The predicted octanol–water partition coefficient (Wildman–Crippen LogP) is 1.92. The smallest absolute Gasteiger partial charge is 0.330 e. The van der Waals surface area contributed by atoms with Crippen LogP contribution in [-0.2, 0) is 9.53 Å². The van der Waals surface area contributed by atoms with Gasteiger partial charge in [0.2, 0.25) is 0 Å². The van der Waals surface area contributed by atoms with Crippen molar-refractivity contribution >= 4 is 23.6 Å². The predicted molar refractivity (Wildman–Crippen MR) is 50.3 cm³/mol. The molecule has 0 atom stereocenters. The Labute approximate surface area is 81.0 Å². The van der Waals surface area contributed by atoms with Crippen molar-refractivity contribution in [1.29, 1.82) is 0 Å². The van der Waals surface area contributed by atoms with E-state index in [0.717, 1.165) is 5.56 Å². The quantitative estimate of drug-likeness (QED) is 0.537. The first kappa shape index (κ1) is 9.74. The van der Waals surface area contributed by atoms with Gasteiger partial charge in [0.1, 0.15) is 0 Å². The first-order valence-corrected chi connectivity index (χ1v) is 3.97. The van der Waals surface area contributed by atoms with Crippen molar-refractivity contribution in [2.75, 3.05) is 7.11 Å². The second-order valence-electron chi connectivity index (χ2n) is 2.29. The zero-order valence-corrected chi connectivity index (χ0v) is 7.78. The van der Waals surface area contributed by atoms with Crippen molar-refractivity contribution in [2.24, 2.45) is 0 Å². The van der Waals surface area contributed by atoms with Gasteiger partial charge in [-0.05, 0) is 17.7 Å². The fourth-order valence-corrected chi connectivity index (χ4v) is 0.934. The Bertz CT molecular complexity index is 336. The molecule has 0 aliphatic heterocycles. The Morgan fingerprint density at radius 3 is 3.00 bits per heavy atom. The van der Waals surface area contributed by atoms with Crippen LogP contribution in [0.15, 0.2) is 24.5 Å². The fourth-order valence-electron chi connectivity index (χ4n) is 0.752. The van der Waals surface area contributed by atoms with Crippen LogP contribution in [0.3, 0.4) is 0 Å². The molecule has 0 bridgehead atoms. The van der Waals surface area contributed by atoms with Crippen LogP contribution < -0.4 is 0 Å². The standard InChI is InChI=1S/C9H8ClNO2/c1-13-9(12)3-2-7-4-8(10)6-11-5-7/h2-6H,1H3. The fraction of sp³-hybridized carbons (Fsp3) is 0.111. The van der Waals surface area contributed by atoms with Crippen molar-refractivity contribution in [2.45, 2.75) is 0 Å². The van der Waals surface area contributed by atoms with E-state index in [2.05, 4.69) is 9.72 Å². The zero-order valence-electron chi connectivity index (χ0n) is 7.03. The lowest BCUT2D eigenvalue weighted by Crippen LogP contribution is -1.93. The van der Waals surface area contributed by atoms with Crippen LogP contribution in [0.5, 0.6) is 0 Å². The van der Waals surface area contributed by atoms with Crippen LogP contribution in [0.2, 0.25) is 5.02 Å². The molecule has 0 N–H and O–H groups in total. The molecule has 0 fully saturated rings. The first-order chi connectivity index (χ1) is 6.22. The average molecular weight is 198 g/mol. The van der Waals surface area contributed by atoms with E-state index in [0.29, 0.717) is 5.02 Å². The second-order valence-corrected chi connectivity index (χ2v) is 2.73. The summed E-state index contributed by atoms with van der Waals surface area (Å²) in [6.07, 6.45) is 6.03. The summed E-state index contributed by atoms with van der Waals surface area (Å²) >= 11 is 5.68. The maximum Gasteiger partial charge on any atom is 0.330 e. The van der Waals surface area contributed by atoms with Gasteiger partial charge in [-0.25, -0.2) is 4.79 Å². The number of hydrogen-bond acceptors (Lipinski definition) is 3. The van der Waals surface area contributed by atoms with Crippen LogP contribution in [0, 0.1) is 0 Å². The lowest BCUT2D eigenvalue weighted by Gasteiger charge is -1.93. The summed E-state index contributed by atoms with van der Waals surface area (Å²) in [6, 6.07) is 1.70. The lowest BCUT2D eigenvalue weighted by atomic mass is 10.2. The topological polar surface area (TPSA) is 39.2 Å². The van der Waals surface area contributed by atoms with Crippen LogP contribution >= 0.6 is 11.6 Å². The van der Waals surface area contributed by atoms with Crippen LogP contribution in [0.25, 0.3) is 6.08 Å². The minimum absolute atomic E-state index is 0.403. The Morgan fingerprint density at radius 2 is 2.38 bits per heavy atom. The maximum atomic E-state index is 10.7. The molecule has 0 amide bonds. The van der Waals surface area contributed by atoms with Crippen LogP contribution in [0.4, 0.5) is 0 Å². The van der Waals surface area contributed by atoms with Crippen molar-refractivity contribution in [3.8, 4) is 0 Å². The molecule has 68 valence electrons. The number of aromatic nitrogens is 1. The number of esters is 1. The van der Waals surface area contributed by atoms with Crippen molar-refractivity contribution in [3.63, 3.8) is 0 Å². The van der Waals surface area contributed by atoms with Crippen LogP contribution in [0.1, 0.15) is 5.56 Å². The molecule has 1 rings (SSSR count). The van der Waals surface area contributed by atoms with Crippen molar-refractivity contribution in [3.05, 3.63) is 35.1 Å². The molecule has 0 spiro atoms. The van der Waals surface area contributed by atoms with Gasteiger partial charge in [0.15, 0.2) is 0 Å². The van der Waals surface area contributed by atoms with Gasteiger partial charge in [0, 0.05) is 18.5 Å². The minimum Gasteiger partial charge on any atom is -0.466 e. The Hall–Kier alpha value is -1.35. The molecular weight excluding hydrogens is 190 g/mol. The number of halogens is 1. The number of nitrogens with zero attached hydrogens (tertiary/aromatic N) is 1. The molecule has 0 aromatic carbocycles. The van der Waals surface area contributed by atoms with E-state index in [1.165, 1.54) is 19.4 Å². The van der Waals surface area contributed by atoms with Gasteiger partial charge in [-0.3, -0.25) is 4.98 Å². The van der Waals surface area contributed by atoms with Gasteiger partial charge in [0.05, 0.1) is 12.1 Å². The van der Waals surface area contributed by atoms with Crippen molar-refractivity contribution in [1.82, 2.24) is 4.98 Å². The van der Waals surface area contributed by atoms with E-state index in [1.54, 1.807) is 18.3 Å². The summed E-state index contributed by atoms with van der Waals surface area (Å²) in [4.78, 5) is 14.6. The number of pyridine rings is 1. The summed E-state index contributed by atoms with van der Waals surface area (Å²) in [5, 5.41) is 0.534. The third-order valence-electron chi connectivity index (χ3n) is 1.34. The molecule has 1 aromatic rings. The van der Waals surface area contributed by atoms with Gasteiger partial charge in [-0.15, -0.1) is 0 Å². The summed E-state index contributed by atoms with van der Waals surface area (Å²) in [5.74, 6) is -0.403. The molecule has 0 unspecified atom stereocenters. The molecule has 1 heterocycles. The van der Waals surface area contributed by atoms with E-state index in [4.69, 9.17) is 11.6 Å². The molecular formula is C9H8ClNO2. The lowest BCUT2D eigenvalue weighted by molar-refractivity contribution is -0.134. The molecule has 0 aliphatic rings. The summed E-state index contributed by atoms with van der Waals surface area (Å²) in [5.41, 5.74) is 0.762. The molecule has 0 aliphatic carbocycles. The highest BCUT2D eigenvalue weighted by Crippen LogP contribution is 2.09. The van der Waals surface area contributed by atoms with E-state index in [-0.39, 0.29) is 0 Å². The summed E-state index contributed by atoms with van der Waals surface area (Å²) in [7, 11) is 1.32. The molecule has 0 saturated heterocycles. The molecule has 4 heteroatoms. The number of hydrogen-bond donors (Lipinski definition) is 0. The summed E-state index contributed by atoms with van der Waals surface area (Å²) in [6.45, 7) is 0. The number of carbonyl (C=O) groups excluding carboxylic acids is 1. The highest BCUT2D eigenvalue weighted by atomic mass is 35.5. The van der Waals surface area contributed by atoms with E-state index >= 15 is 0 Å². The first-order valence-electron chi connectivity index (χ1n) is 3.59. The second kappa shape index (κ2) is 4.62.